The van der Waals surface area contributed by atoms with Gasteiger partial charge in [-0.3, -0.25) is 4.79 Å². The van der Waals surface area contributed by atoms with E-state index in [1.807, 2.05) is 0 Å². The third kappa shape index (κ3) is 4.97. The second-order valence-corrected chi connectivity index (χ2v) is 8.65. The van der Waals surface area contributed by atoms with Crippen LogP contribution >= 0.6 is 0 Å². The van der Waals surface area contributed by atoms with Crippen molar-refractivity contribution in [3.63, 3.8) is 0 Å². The Morgan fingerprint density at radius 2 is 1.69 bits per heavy atom. The Hall–Kier alpha value is -1.61. The Balaban J connectivity index is 2.02. The van der Waals surface area contributed by atoms with Crippen molar-refractivity contribution in [1.82, 2.24) is 4.31 Å². The van der Waals surface area contributed by atoms with Gasteiger partial charge in [0.25, 0.3) is 0 Å². The number of hydrogen-bond donors (Lipinski definition) is 1. The lowest BCUT2D eigenvalue weighted by molar-refractivity contribution is -0.138. The predicted molar refractivity (Wildman–Crippen MR) is 89.0 cm³/mol. The highest BCUT2D eigenvalue weighted by Crippen LogP contribution is 2.33. The second-order valence-electron chi connectivity index (χ2n) is 6.65. The average molecular weight is 393 g/mol. The van der Waals surface area contributed by atoms with E-state index in [9.17, 15) is 26.4 Å². The molecule has 0 bridgehead atoms. The lowest BCUT2D eigenvalue weighted by atomic mass is 9.83. The Morgan fingerprint density at radius 1 is 1.15 bits per heavy atom. The summed E-state index contributed by atoms with van der Waals surface area (Å²) in [7, 11) is -2.43. The molecule has 0 unspecified atom stereocenters. The molecule has 1 fully saturated rings. The van der Waals surface area contributed by atoms with Gasteiger partial charge in [0.05, 0.1) is 10.5 Å². The topological polar surface area (TPSA) is 74.7 Å². The van der Waals surface area contributed by atoms with Crippen molar-refractivity contribution in [3.05, 3.63) is 29.8 Å². The third-order valence-electron chi connectivity index (χ3n) is 4.96. The number of alkyl halides is 3. The van der Waals surface area contributed by atoms with Crippen LogP contribution in [-0.2, 0) is 21.0 Å². The number of benzene rings is 1. The molecule has 146 valence electrons. The molecule has 0 heterocycles. The quantitative estimate of drug-likeness (QED) is 0.799. The van der Waals surface area contributed by atoms with Gasteiger partial charge in [-0.1, -0.05) is 0 Å². The summed E-state index contributed by atoms with van der Waals surface area (Å²) in [5.74, 6) is -0.571. The van der Waals surface area contributed by atoms with Gasteiger partial charge in [0, 0.05) is 19.5 Å². The number of carbonyl (C=O) groups is 1. The molecule has 0 saturated heterocycles. The zero-order valence-corrected chi connectivity index (χ0v) is 15.2. The van der Waals surface area contributed by atoms with Gasteiger partial charge in [-0.2, -0.15) is 17.5 Å². The summed E-state index contributed by atoms with van der Waals surface area (Å²) >= 11 is 0. The largest absolute Gasteiger partial charge is 0.481 e. The second kappa shape index (κ2) is 7.96. The molecule has 0 spiro atoms. The number of halogens is 3. The normalized spacial score (nSPS) is 21.7. The molecule has 1 aliphatic rings. The van der Waals surface area contributed by atoms with E-state index in [0.717, 1.165) is 37.1 Å². The minimum absolute atomic E-state index is 0.106. The van der Waals surface area contributed by atoms with Crippen LogP contribution in [0.2, 0.25) is 0 Å². The first-order valence-corrected chi connectivity index (χ1v) is 9.83. The van der Waals surface area contributed by atoms with Crippen molar-refractivity contribution in [1.29, 1.82) is 0 Å². The zero-order chi connectivity index (χ0) is 19.5. The highest BCUT2D eigenvalue weighted by atomic mass is 32.2. The van der Waals surface area contributed by atoms with Crippen molar-refractivity contribution < 1.29 is 31.5 Å². The third-order valence-corrected chi connectivity index (χ3v) is 6.88. The number of hydrogen-bond acceptors (Lipinski definition) is 3. The first-order valence-electron chi connectivity index (χ1n) is 8.39. The van der Waals surface area contributed by atoms with Crippen LogP contribution in [0.15, 0.2) is 29.2 Å². The molecule has 1 aliphatic carbocycles. The number of aliphatic carboxylic acids is 1. The maximum atomic E-state index is 12.7. The maximum absolute atomic E-state index is 12.7. The van der Waals surface area contributed by atoms with E-state index < -0.39 is 27.7 Å². The zero-order valence-electron chi connectivity index (χ0n) is 14.4. The fraction of sp³-hybridized carbons (Fsp3) is 0.588. The maximum Gasteiger partial charge on any atom is 0.416 e. The van der Waals surface area contributed by atoms with Crippen LogP contribution in [0.5, 0.6) is 0 Å². The minimum Gasteiger partial charge on any atom is -0.481 e. The van der Waals surface area contributed by atoms with Crippen LogP contribution in [-0.4, -0.2) is 36.9 Å². The first-order chi connectivity index (χ1) is 12.0. The molecule has 5 nitrogen and oxygen atoms in total. The monoisotopic (exact) mass is 393 g/mol. The Kier molecular flexibility index (Phi) is 6.33. The van der Waals surface area contributed by atoms with Crippen molar-refractivity contribution in [2.45, 2.75) is 55.6 Å². The summed E-state index contributed by atoms with van der Waals surface area (Å²) < 4.78 is 64.4. The van der Waals surface area contributed by atoms with Gasteiger partial charge in [-0.25, -0.2) is 8.42 Å². The van der Waals surface area contributed by atoms with E-state index in [2.05, 4.69) is 0 Å². The van der Waals surface area contributed by atoms with Crippen LogP contribution in [0, 0.1) is 5.92 Å². The molecule has 1 N–H and O–H groups in total. The van der Waals surface area contributed by atoms with Gasteiger partial charge in [0.2, 0.25) is 10.0 Å². The Bertz CT molecular complexity index is 723. The average Bonchev–Trinajstić information content (AvgIpc) is 2.59. The van der Waals surface area contributed by atoms with Gasteiger partial charge in [0.15, 0.2) is 0 Å². The molecule has 9 heteroatoms. The molecule has 0 aliphatic heterocycles. The summed E-state index contributed by atoms with van der Waals surface area (Å²) in [5, 5.41) is 8.73. The predicted octanol–water partition coefficient (Wildman–Crippen LogP) is 3.75. The van der Waals surface area contributed by atoms with E-state index in [1.165, 1.54) is 11.4 Å². The SMILES string of the molecule is CN(C1CCC(CCC(=O)O)CC1)S(=O)(=O)c1ccc(C(F)(F)F)cc1. The standard InChI is InChI=1S/C17H22F3NO4S/c1-21(14-7-2-12(3-8-14)4-11-16(22)23)26(24,25)15-9-5-13(6-10-15)17(18,19)20/h5-6,9-10,12,14H,2-4,7-8,11H2,1H3,(H,22,23). The van der Waals surface area contributed by atoms with E-state index in [4.69, 9.17) is 5.11 Å². The fourth-order valence-corrected chi connectivity index (χ4v) is 4.72. The number of rotatable bonds is 6. The van der Waals surface area contributed by atoms with Gasteiger partial charge in [-0.15, -0.1) is 0 Å². The van der Waals surface area contributed by atoms with Crippen molar-refractivity contribution >= 4 is 16.0 Å². The molecule has 1 aromatic rings. The van der Waals surface area contributed by atoms with Crippen LogP contribution < -0.4 is 0 Å². The summed E-state index contributed by atoms with van der Waals surface area (Å²) in [5.41, 5.74) is -0.891. The molecule has 0 amide bonds. The van der Waals surface area contributed by atoms with Crippen LogP contribution in [0.1, 0.15) is 44.1 Å². The number of carboxylic acids is 1. The van der Waals surface area contributed by atoms with Gasteiger partial charge in [-0.05, 0) is 62.3 Å². The molecule has 2 rings (SSSR count). The van der Waals surface area contributed by atoms with Crippen molar-refractivity contribution in [2.75, 3.05) is 7.05 Å². The lowest BCUT2D eigenvalue weighted by Gasteiger charge is -2.34. The van der Waals surface area contributed by atoms with Crippen LogP contribution in [0.4, 0.5) is 13.2 Å². The molecule has 0 aromatic heterocycles. The molecular weight excluding hydrogens is 371 g/mol. The first kappa shape index (κ1) is 20.7. The summed E-state index contributed by atoms with van der Waals surface area (Å²) in [6.45, 7) is 0. The van der Waals surface area contributed by atoms with E-state index in [0.29, 0.717) is 19.3 Å². The lowest BCUT2D eigenvalue weighted by Crippen LogP contribution is -2.39. The molecular formula is C17H22F3NO4S. The minimum atomic E-state index is -4.51. The van der Waals surface area contributed by atoms with E-state index in [1.54, 1.807) is 0 Å². The number of carboxylic acid groups (broad SMARTS) is 1. The van der Waals surface area contributed by atoms with Crippen molar-refractivity contribution in [3.8, 4) is 0 Å². The van der Waals surface area contributed by atoms with Crippen LogP contribution in [0.25, 0.3) is 0 Å². The highest BCUT2D eigenvalue weighted by molar-refractivity contribution is 7.89. The van der Waals surface area contributed by atoms with E-state index >= 15 is 0 Å². The summed E-state index contributed by atoms with van der Waals surface area (Å²) in [6.07, 6.45) is -1.12. The molecule has 26 heavy (non-hydrogen) atoms. The summed E-state index contributed by atoms with van der Waals surface area (Å²) in [4.78, 5) is 10.5. The fourth-order valence-electron chi connectivity index (χ4n) is 3.30. The molecule has 1 aromatic carbocycles. The van der Waals surface area contributed by atoms with Crippen molar-refractivity contribution in [2.24, 2.45) is 5.92 Å². The van der Waals surface area contributed by atoms with E-state index in [-0.39, 0.29) is 23.3 Å². The number of nitrogens with zero attached hydrogens (tertiary/aromatic N) is 1. The molecule has 0 atom stereocenters. The van der Waals surface area contributed by atoms with Crippen LogP contribution in [0.3, 0.4) is 0 Å². The number of sulfonamides is 1. The Labute approximate surface area is 150 Å². The smallest absolute Gasteiger partial charge is 0.416 e. The van der Waals surface area contributed by atoms with Gasteiger partial charge >= 0.3 is 12.1 Å². The van der Waals surface area contributed by atoms with Gasteiger partial charge in [0.1, 0.15) is 0 Å². The Morgan fingerprint density at radius 3 is 2.15 bits per heavy atom. The van der Waals surface area contributed by atoms with Gasteiger partial charge < -0.3 is 5.11 Å². The molecule has 0 radical (unpaired) electrons. The molecule has 1 saturated carbocycles. The summed E-state index contributed by atoms with van der Waals surface area (Å²) in [6, 6.07) is 3.26. The highest BCUT2D eigenvalue weighted by Gasteiger charge is 2.33.